The number of H-pyrrole nitrogens is 1. The van der Waals surface area contributed by atoms with E-state index in [1.807, 2.05) is 0 Å². The Labute approximate surface area is 131 Å². The van der Waals surface area contributed by atoms with Gasteiger partial charge < -0.3 is 0 Å². The molecule has 0 radical (unpaired) electrons. The second-order valence-electron chi connectivity index (χ2n) is 5.16. The highest BCUT2D eigenvalue weighted by atomic mass is 19.4. The number of hydrogen-bond acceptors (Lipinski definition) is 2. The van der Waals surface area contributed by atoms with Gasteiger partial charge in [-0.2, -0.15) is 31.4 Å². The van der Waals surface area contributed by atoms with E-state index in [0.717, 1.165) is 0 Å². The van der Waals surface area contributed by atoms with Gasteiger partial charge in [-0.1, -0.05) is 18.2 Å². The Morgan fingerprint density at radius 1 is 0.958 bits per heavy atom. The van der Waals surface area contributed by atoms with E-state index >= 15 is 0 Å². The van der Waals surface area contributed by atoms with Gasteiger partial charge in [0.1, 0.15) is 5.69 Å². The first kappa shape index (κ1) is 16.3. The molecule has 0 bridgehead atoms. The van der Waals surface area contributed by atoms with Crippen molar-refractivity contribution in [3.63, 3.8) is 0 Å². The smallest absolute Gasteiger partial charge is 0.272 e. The number of pyridine rings is 1. The predicted octanol–water partition coefficient (Wildman–Crippen LogP) is 4.97. The third kappa shape index (κ3) is 2.70. The van der Waals surface area contributed by atoms with Crippen LogP contribution in [0.25, 0.3) is 22.2 Å². The molecule has 126 valence electrons. The van der Waals surface area contributed by atoms with Gasteiger partial charge in [0.05, 0.1) is 16.8 Å². The molecule has 3 aromatic rings. The molecule has 24 heavy (non-hydrogen) atoms. The molecule has 2 aromatic heterocycles. The zero-order valence-corrected chi connectivity index (χ0v) is 12.0. The summed E-state index contributed by atoms with van der Waals surface area (Å²) >= 11 is 0. The predicted molar refractivity (Wildman–Crippen MR) is 74.1 cm³/mol. The van der Waals surface area contributed by atoms with Gasteiger partial charge in [-0.05, 0) is 24.6 Å². The lowest BCUT2D eigenvalue weighted by atomic mass is 10.0. The normalized spacial score (nSPS) is 12.8. The standard InChI is InChI=1S/C15H9F6N3/c1-7-6-10(22-9-5-3-2-4-8(7)9)11-12(14(16,17)18)23-24-13(11)15(19,20)21/h2-6H,1H3,(H,23,24). The van der Waals surface area contributed by atoms with Gasteiger partial charge in [-0.15, -0.1) is 0 Å². The summed E-state index contributed by atoms with van der Waals surface area (Å²) in [5.41, 5.74) is -3.93. The van der Waals surface area contributed by atoms with Crippen LogP contribution < -0.4 is 0 Å². The summed E-state index contributed by atoms with van der Waals surface area (Å²) in [4.78, 5) is 3.97. The molecule has 1 N–H and O–H groups in total. The van der Waals surface area contributed by atoms with E-state index in [2.05, 4.69) is 10.1 Å². The molecular weight excluding hydrogens is 336 g/mol. The van der Waals surface area contributed by atoms with Crippen LogP contribution in [0.2, 0.25) is 0 Å². The van der Waals surface area contributed by atoms with Crippen molar-refractivity contribution < 1.29 is 26.3 Å². The Morgan fingerprint density at radius 3 is 2.25 bits per heavy atom. The molecular formula is C15H9F6N3. The number of rotatable bonds is 1. The van der Waals surface area contributed by atoms with Crippen LogP contribution in [0, 0.1) is 6.92 Å². The Morgan fingerprint density at radius 2 is 1.62 bits per heavy atom. The molecule has 0 amide bonds. The topological polar surface area (TPSA) is 41.6 Å². The highest BCUT2D eigenvalue weighted by Gasteiger charge is 2.45. The minimum absolute atomic E-state index is 0.301. The van der Waals surface area contributed by atoms with Gasteiger partial charge >= 0.3 is 12.4 Å². The van der Waals surface area contributed by atoms with Crippen molar-refractivity contribution in [1.82, 2.24) is 15.2 Å². The van der Waals surface area contributed by atoms with Crippen LogP contribution in [0.3, 0.4) is 0 Å². The van der Waals surface area contributed by atoms with Crippen LogP contribution in [0.4, 0.5) is 26.3 Å². The third-order valence-corrected chi connectivity index (χ3v) is 3.50. The molecule has 3 nitrogen and oxygen atoms in total. The molecule has 0 saturated heterocycles. The first-order valence-electron chi connectivity index (χ1n) is 6.68. The monoisotopic (exact) mass is 345 g/mol. The van der Waals surface area contributed by atoms with E-state index in [9.17, 15) is 26.3 Å². The van der Waals surface area contributed by atoms with Crippen molar-refractivity contribution in [3.05, 3.63) is 47.3 Å². The van der Waals surface area contributed by atoms with Gasteiger partial charge in [-0.3, -0.25) is 5.10 Å². The van der Waals surface area contributed by atoms with Crippen LogP contribution in [-0.4, -0.2) is 15.2 Å². The fourth-order valence-corrected chi connectivity index (χ4v) is 2.48. The summed E-state index contributed by atoms with van der Waals surface area (Å²) in [6.45, 7) is 1.59. The SMILES string of the molecule is Cc1cc(-c2c(C(F)(F)F)n[nH]c2C(F)(F)F)nc2ccccc12. The average molecular weight is 345 g/mol. The number of nitrogens with zero attached hydrogens (tertiary/aromatic N) is 2. The molecule has 0 spiro atoms. The number of benzene rings is 1. The molecule has 0 atom stereocenters. The lowest BCUT2D eigenvalue weighted by Crippen LogP contribution is -2.11. The number of halogens is 6. The number of hydrogen-bond donors (Lipinski definition) is 1. The number of aromatic nitrogens is 3. The third-order valence-electron chi connectivity index (χ3n) is 3.50. The van der Waals surface area contributed by atoms with E-state index in [1.165, 1.54) is 17.2 Å². The zero-order chi connectivity index (χ0) is 17.7. The summed E-state index contributed by atoms with van der Waals surface area (Å²) in [7, 11) is 0. The summed E-state index contributed by atoms with van der Waals surface area (Å²) in [5.74, 6) is 0. The van der Waals surface area contributed by atoms with Gasteiger partial charge in [0.15, 0.2) is 5.69 Å². The molecule has 0 unspecified atom stereocenters. The average Bonchev–Trinajstić information content (AvgIpc) is 2.92. The van der Waals surface area contributed by atoms with Crippen LogP contribution >= 0.6 is 0 Å². The second-order valence-corrected chi connectivity index (χ2v) is 5.16. The largest absolute Gasteiger partial charge is 0.435 e. The van der Waals surface area contributed by atoms with Crippen molar-refractivity contribution in [3.8, 4) is 11.3 Å². The first-order valence-corrected chi connectivity index (χ1v) is 6.68. The molecule has 3 rings (SSSR count). The van der Waals surface area contributed by atoms with Crippen LogP contribution in [-0.2, 0) is 12.4 Å². The van der Waals surface area contributed by atoms with Crippen molar-refractivity contribution in [2.24, 2.45) is 0 Å². The maximum Gasteiger partial charge on any atom is 0.435 e. The Kier molecular flexibility index (Phi) is 3.54. The molecule has 0 fully saturated rings. The Hall–Kier alpha value is -2.58. The van der Waals surface area contributed by atoms with Crippen molar-refractivity contribution >= 4 is 10.9 Å². The van der Waals surface area contributed by atoms with Gasteiger partial charge in [0, 0.05) is 5.39 Å². The fraction of sp³-hybridized carbons (Fsp3) is 0.200. The minimum atomic E-state index is -5.05. The van der Waals surface area contributed by atoms with Crippen LogP contribution in [0.5, 0.6) is 0 Å². The minimum Gasteiger partial charge on any atom is -0.272 e. The van der Waals surface area contributed by atoms with Crippen molar-refractivity contribution in [2.75, 3.05) is 0 Å². The molecule has 0 aliphatic rings. The molecule has 0 saturated carbocycles. The molecule has 0 aliphatic carbocycles. The highest BCUT2D eigenvalue weighted by Crippen LogP contribution is 2.43. The molecule has 9 heteroatoms. The van der Waals surface area contributed by atoms with Crippen LogP contribution in [0.1, 0.15) is 17.0 Å². The van der Waals surface area contributed by atoms with Gasteiger partial charge in [0.2, 0.25) is 0 Å². The van der Waals surface area contributed by atoms with Gasteiger partial charge in [0.25, 0.3) is 0 Å². The Bertz CT molecular complexity index is 876. The maximum absolute atomic E-state index is 13.1. The van der Waals surface area contributed by atoms with Gasteiger partial charge in [-0.25, -0.2) is 4.98 Å². The van der Waals surface area contributed by atoms with E-state index in [-0.39, 0.29) is 0 Å². The highest BCUT2D eigenvalue weighted by molar-refractivity contribution is 5.85. The number of para-hydroxylation sites is 1. The molecule has 2 heterocycles. The quantitative estimate of drug-likeness (QED) is 0.633. The zero-order valence-electron chi connectivity index (χ0n) is 12.0. The summed E-state index contributed by atoms with van der Waals surface area (Å²) in [5, 5.41) is 4.93. The number of nitrogens with one attached hydrogen (secondary N) is 1. The van der Waals surface area contributed by atoms with E-state index in [0.29, 0.717) is 16.5 Å². The number of aryl methyl sites for hydroxylation is 1. The lowest BCUT2D eigenvalue weighted by molar-refractivity contribution is -0.142. The maximum atomic E-state index is 13.1. The number of fused-ring (bicyclic) bond motifs is 1. The van der Waals surface area contributed by atoms with E-state index in [4.69, 9.17) is 0 Å². The second kappa shape index (κ2) is 5.22. The Balaban J connectivity index is 2.35. The van der Waals surface area contributed by atoms with E-state index in [1.54, 1.807) is 25.1 Å². The summed E-state index contributed by atoms with van der Waals surface area (Å²) in [6.07, 6.45) is -10.1. The summed E-state index contributed by atoms with van der Waals surface area (Å²) < 4.78 is 78.5. The lowest BCUT2D eigenvalue weighted by Gasteiger charge is -2.12. The van der Waals surface area contributed by atoms with E-state index < -0.39 is 35.0 Å². The molecule has 1 aromatic carbocycles. The number of alkyl halides is 6. The van der Waals surface area contributed by atoms with Crippen LogP contribution in [0.15, 0.2) is 30.3 Å². The molecule has 0 aliphatic heterocycles. The number of aromatic amines is 1. The van der Waals surface area contributed by atoms with Crippen molar-refractivity contribution in [2.45, 2.75) is 19.3 Å². The summed E-state index contributed by atoms with van der Waals surface area (Å²) in [6, 6.07) is 7.70. The van der Waals surface area contributed by atoms with Crippen molar-refractivity contribution in [1.29, 1.82) is 0 Å². The first-order chi connectivity index (χ1) is 11.1. The fourth-order valence-electron chi connectivity index (χ4n) is 2.48.